The molecule has 0 aromatic heterocycles. The highest BCUT2D eigenvalue weighted by Crippen LogP contribution is 2.14. The van der Waals surface area contributed by atoms with Gasteiger partial charge in [0.05, 0.1) is 6.61 Å². The third kappa shape index (κ3) is 5.38. The number of nitrogens with one attached hydrogen (secondary N) is 2. The van der Waals surface area contributed by atoms with Gasteiger partial charge in [0, 0.05) is 17.8 Å². The lowest BCUT2D eigenvalue weighted by atomic mass is 10.1. The molecule has 0 saturated heterocycles. The first-order valence-corrected chi connectivity index (χ1v) is 6.49. The molecule has 2 amide bonds. The molecule has 6 nitrogen and oxygen atoms in total. The summed E-state index contributed by atoms with van der Waals surface area (Å²) in [7, 11) is 0. The Morgan fingerprint density at radius 3 is 2.10 bits per heavy atom. The fraction of sp³-hybridized carbons (Fsp3) is 0.429. The largest absolute Gasteiger partial charge is 0.394 e. The maximum absolute atomic E-state index is 11.6. The molecule has 0 radical (unpaired) electrons. The predicted molar refractivity (Wildman–Crippen MR) is 78.2 cm³/mol. The highest BCUT2D eigenvalue weighted by Gasteiger charge is 2.12. The first-order chi connectivity index (χ1) is 9.42. The maximum atomic E-state index is 11.6. The molecular formula is C14H21N3O3. The lowest BCUT2D eigenvalue weighted by molar-refractivity contribution is -0.118. The van der Waals surface area contributed by atoms with E-state index < -0.39 is 18.6 Å². The van der Waals surface area contributed by atoms with Crippen molar-refractivity contribution in [3.8, 4) is 0 Å². The van der Waals surface area contributed by atoms with Crippen molar-refractivity contribution in [2.75, 3.05) is 17.2 Å². The van der Waals surface area contributed by atoms with Gasteiger partial charge >= 0.3 is 0 Å². The van der Waals surface area contributed by atoms with Crippen LogP contribution < -0.4 is 16.4 Å². The molecule has 1 atom stereocenters. The van der Waals surface area contributed by atoms with E-state index in [2.05, 4.69) is 10.6 Å². The van der Waals surface area contributed by atoms with Crippen LogP contribution in [0.15, 0.2) is 24.3 Å². The first-order valence-electron chi connectivity index (χ1n) is 6.49. The molecule has 110 valence electrons. The molecule has 0 aliphatic carbocycles. The minimum Gasteiger partial charge on any atom is -0.394 e. The number of aliphatic hydroxyl groups excluding tert-OH is 1. The Balaban J connectivity index is 2.56. The Bertz CT molecular complexity index is 457. The fourth-order valence-corrected chi connectivity index (χ4v) is 1.54. The number of hydrogen-bond acceptors (Lipinski definition) is 4. The Morgan fingerprint density at radius 1 is 1.15 bits per heavy atom. The van der Waals surface area contributed by atoms with E-state index in [1.807, 2.05) is 13.8 Å². The first kappa shape index (κ1) is 16.1. The number of amides is 2. The highest BCUT2D eigenvalue weighted by molar-refractivity contribution is 5.95. The van der Waals surface area contributed by atoms with Gasteiger partial charge in [-0.15, -0.1) is 0 Å². The van der Waals surface area contributed by atoms with E-state index in [1.54, 1.807) is 24.3 Å². The molecule has 0 heterocycles. The molecule has 0 spiro atoms. The lowest BCUT2D eigenvalue weighted by Gasteiger charge is -2.11. The molecule has 0 saturated carbocycles. The van der Waals surface area contributed by atoms with Crippen molar-refractivity contribution in [2.24, 2.45) is 11.7 Å². The highest BCUT2D eigenvalue weighted by atomic mass is 16.3. The SMILES string of the molecule is CC(C)CC(=O)Nc1ccc(NC(=O)[C@@H](N)CO)cc1. The number of hydrogen-bond donors (Lipinski definition) is 4. The molecule has 0 unspecified atom stereocenters. The van der Waals surface area contributed by atoms with Crippen molar-refractivity contribution in [3.05, 3.63) is 24.3 Å². The number of rotatable bonds is 6. The van der Waals surface area contributed by atoms with Gasteiger partial charge < -0.3 is 21.5 Å². The Hall–Kier alpha value is -1.92. The Labute approximate surface area is 118 Å². The van der Waals surface area contributed by atoms with Crippen molar-refractivity contribution in [1.29, 1.82) is 0 Å². The molecule has 6 heteroatoms. The summed E-state index contributed by atoms with van der Waals surface area (Å²) >= 11 is 0. The number of anilines is 2. The van der Waals surface area contributed by atoms with Crippen molar-refractivity contribution in [2.45, 2.75) is 26.3 Å². The van der Waals surface area contributed by atoms with E-state index >= 15 is 0 Å². The van der Waals surface area contributed by atoms with Gasteiger partial charge in [0.2, 0.25) is 11.8 Å². The van der Waals surface area contributed by atoms with Crippen LogP contribution in [0.1, 0.15) is 20.3 Å². The number of carbonyl (C=O) groups excluding carboxylic acids is 2. The average Bonchev–Trinajstić information content (AvgIpc) is 2.39. The van der Waals surface area contributed by atoms with Crippen LogP contribution in [-0.4, -0.2) is 29.6 Å². The third-order valence-corrected chi connectivity index (χ3v) is 2.56. The van der Waals surface area contributed by atoms with E-state index in [9.17, 15) is 9.59 Å². The average molecular weight is 279 g/mol. The van der Waals surface area contributed by atoms with Crippen molar-refractivity contribution >= 4 is 23.2 Å². The van der Waals surface area contributed by atoms with Gasteiger partial charge in [-0.3, -0.25) is 9.59 Å². The second kappa shape index (κ2) is 7.62. The van der Waals surface area contributed by atoms with E-state index in [0.717, 1.165) is 0 Å². The predicted octanol–water partition coefficient (Wildman–Crippen LogP) is 0.929. The summed E-state index contributed by atoms with van der Waals surface area (Å²) < 4.78 is 0. The normalized spacial score (nSPS) is 12.1. The van der Waals surface area contributed by atoms with Crippen LogP contribution in [0.2, 0.25) is 0 Å². The zero-order valence-corrected chi connectivity index (χ0v) is 11.7. The maximum Gasteiger partial charge on any atom is 0.243 e. The van der Waals surface area contributed by atoms with E-state index in [-0.39, 0.29) is 5.91 Å². The van der Waals surface area contributed by atoms with Crippen molar-refractivity contribution in [1.82, 2.24) is 0 Å². The van der Waals surface area contributed by atoms with Gasteiger partial charge in [0.25, 0.3) is 0 Å². The van der Waals surface area contributed by atoms with Crippen LogP contribution in [0.3, 0.4) is 0 Å². The second-order valence-corrected chi connectivity index (χ2v) is 5.00. The van der Waals surface area contributed by atoms with E-state index in [0.29, 0.717) is 23.7 Å². The summed E-state index contributed by atoms with van der Waals surface area (Å²) in [6.07, 6.45) is 0.462. The second-order valence-electron chi connectivity index (χ2n) is 5.00. The molecule has 0 aliphatic heterocycles. The zero-order chi connectivity index (χ0) is 15.1. The van der Waals surface area contributed by atoms with Gasteiger partial charge in [0.15, 0.2) is 0 Å². The molecule has 0 bridgehead atoms. The molecule has 0 aliphatic rings. The van der Waals surface area contributed by atoms with Crippen LogP contribution in [0, 0.1) is 5.92 Å². The van der Waals surface area contributed by atoms with Crippen molar-refractivity contribution in [3.63, 3.8) is 0 Å². The number of carbonyl (C=O) groups is 2. The molecule has 20 heavy (non-hydrogen) atoms. The smallest absolute Gasteiger partial charge is 0.243 e. The molecule has 1 aromatic rings. The third-order valence-electron chi connectivity index (χ3n) is 2.56. The van der Waals surface area contributed by atoms with Gasteiger partial charge in [-0.1, -0.05) is 13.8 Å². The summed E-state index contributed by atoms with van der Waals surface area (Å²) in [5.74, 6) is -0.197. The summed E-state index contributed by atoms with van der Waals surface area (Å²) in [5, 5.41) is 14.1. The number of benzene rings is 1. The van der Waals surface area contributed by atoms with Crippen LogP contribution in [0.25, 0.3) is 0 Å². The van der Waals surface area contributed by atoms with Crippen molar-refractivity contribution < 1.29 is 14.7 Å². The van der Waals surface area contributed by atoms with Gasteiger partial charge in [-0.05, 0) is 30.2 Å². The van der Waals surface area contributed by atoms with Gasteiger partial charge in [-0.25, -0.2) is 0 Å². The monoisotopic (exact) mass is 279 g/mol. The summed E-state index contributed by atoms with van der Waals surface area (Å²) in [5.41, 5.74) is 6.61. The fourth-order valence-electron chi connectivity index (χ4n) is 1.54. The number of aliphatic hydroxyl groups is 1. The standard InChI is InChI=1S/C14H21N3O3/c1-9(2)7-13(19)16-10-3-5-11(6-4-10)17-14(20)12(15)8-18/h3-6,9,12,18H,7-8,15H2,1-2H3,(H,16,19)(H,17,20)/t12-/m0/s1. The minimum absolute atomic E-state index is 0.0425. The molecule has 1 rings (SSSR count). The zero-order valence-electron chi connectivity index (χ0n) is 11.7. The van der Waals surface area contributed by atoms with Crippen LogP contribution in [0.5, 0.6) is 0 Å². The quantitative estimate of drug-likeness (QED) is 0.621. The van der Waals surface area contributed by atoms with Crippen LogP contribution in [-0.2, 0) is 9.59 Å². The summed E-state index contributed by atoms with van der Waals surface area (Å²) in [6.45, 7) is 3.54. The molecule has 0 fully saturated rings. The minimum atomic E-state index is -0.944. The molecular weight excluding hydrogens is 258 g/mol. The summed E-state index contributed by atoms with van der Waals surface area (Å²) in [6, 6.07) is 5.76. The number of nitrogens with two attached hydrogens (primary N) is 1. The van der Waals surface area contributed by atoms with Gasteiger partial charge in [0.1, 0.15) is 6.04 Å². The lowest BCUT2D eigenvalue weighted by Crippen LogP contribution is -2.38. The summed E-state index contributed by atoms with van der Waals surface area (Å²) in [4.78, 5) is 23.1. The van der Waals surface area contributed by atoms with Crippen LogP contribution in [0.4, 0.5) is 11.4 Å². The van der Waals surface area contributed by atoms with E-state index in [1.165, 1.54) is 0 Å². The molecule has 1 aromatic carbocycles. The topological polar surface area (TPSA) is 104 Å². The Kier molecular flexibility index (Phi) is 6.14. The Morgan fingerprint density at radius 2 is 1.65 bits per heavy atom. The van der Waals surface area contributed by atoms with Crippen LogP contribution >= 0.6 is 0 Å². The van der Waals surface area contributed by atoms with E-state index in [4.69, 9.17) is 10.8 Å². The molecule has 5 N–H and O–H groups in total. The van der Waals surface area contributed by atoms with Gasteiger partial charge in [-0.2, -0.15) is 0 Å².